The van der Waals surface area contributed by atoms with Crippen molar-refractivity contribution in [2.75, 3.05) is 0 Å². The lowest BCUT2D eigenvalue weighted by Gasteiger charge is -2.23. The maximum atomic E-state index is 12.4. The molecule has 2 atom stereocenters. The van der Waals surface area contributed by atoms with E-state index in [1.54, 1.807) is 13.8 Å². The van der Waals surface area contributed by atoms with Crippen molar-refractivity contribution in [3.05, 3.63) is 29.3 Å². The molecular formula is C15H23ClN2O3S. The van der Waals surface area contributed by atoms with Gasteiger partial charge in [0.2, 0.25) is 15.9 Å². The van der Waals surface area contributed by atoms with Crippen LogP contribution in [0.25, 0.3) is 0 Å². The van der Waals surface area contributed by atoms with Crippen molar-refractivity contribution >= 4 is 27.5 Å². The van der Waals surface area contributed by atoms with Crippen molar-refractivity contribution in [3.63, 3.8) is 0 Å². The molecule has 0 aliphatic rings. The summed E-state index contributed by atoms with van der Waals surface area (Å²) in [6.07, 6.45) is 0.778. The van der Waals surface area contributed by atoms with Crippen LogP contribution in [0.15, 0.2) is 29.2 Å². The van der Waals surface area contributed by atoms with Crippen molar-refractivity contribution in [3.8, 4) is 0 Å². The van der Waals surface area contributed by atoms with E-state index < -0.39 is 16.1 Å². The zero-order valence-corrected chi connectivity index (χ0v) is 14.8. The summed E-state index contributed by atoms with van der Waals surface area (Å²) in [5.74, 6) is -0.493. The third-order valence-electron chi connectivity index (χ3n) is 3.36. The molecule has 22 heavy (non-hydrogen) atoms. The third kappa shape index (κ3) is 5.26. The summed E-state index contributed by atoms with van der Waals surface area (Å²) in [4.78, 5) is 12.3. The Balaban J connectivity index is 2.94. The zero-order chi connectivity index (χ0) is 16.9. The van der Waals surface area contributed by atoms with E-state index in [1.165, 1.54) is 24.3 Å². The smallest absolute Gasteiger partial charge is 0.241 e. The van der Waals surface area contributed by atoms with E-state index in [4.69, 9.17) is 11.6 Å². The second-order valence-corrected chi connectivity index (χ2v) is 7.77. The predicted octanol–water partition coefficient (Wildman–Crippen LogP) is 2.56. The summed E-state index contributed by atoms with van der Waals surface area (Å²) in [6.45, 7) is 7.42. The molecule has 1 aromatic rings. The highest BCUT2D eigenvalue weighted by Gasteiger charge is 2.28. The van der Waals surface area contributed by atoms with E-state index in [9.17, 15) is 13.2 Å². The highest BCUT2D eigenvalue weighted by molar-refractivity contribution is 7.89. The van der Waals surface area contributed by atoms with E-state index in [0.29, 0.717) is 5.02 Å². The van der Waals surface area contributed by atoms with Gasteiger partial charge in [-0.1, -0.05) is 32.4 Å². The van der Waals surface area contributed by atoms with Crippen LogP contribution in [0.3, 0.4) is 0 Å². The Kier molecular flexibility index (Phi) is 6.84. The van der Waals surface area contributed by atoms with Crippen LogP contribution in [0.4, 0.5) is 0 Å². The molecule has 0 heterocycles. The minimum absolute atomic E-state index is 0.00575. The molecule has 5 nitrogen and oxygen atoms in total. The van der Waals surface area contributed by atoms with Crippen LogP contribution in [0.1, 0.15) is 34.1 Å². The van der Waals surface area contributed by atoms with E-state index in [2.05, 4.69) is 10.0 Å². The Hall–Kier alpha value is -1.11. The number of carbonyl (C=O) groups excluding carboxylic acids is 1. The molecule has 1 aromatic carbocycles. The van der Waals surface area contributed by atoms with Gasteiger partial charge in [0, 0.05) is 11.1 Å². The molecule has 0 spiro atoms. The zero-order valence-electron chi connectivity index (χ0n) is 13.3. The van der Waals surface area contributed by atoms with Crippen LogP contribution in [0.5, 0.6) is 0 Å². The maximum absolute atomic E-state index is 12.4. The van der Waals surface area contributed by atoms with E-state index in [-0.39, 0.29) is 22.8 Å². The maximum Gasteiger partial charge on any atom is 0.241 e. The molecule has 2 N–H and O–H groups in total. The van der Waals surface area contributed by atoms with Crippen LogP contribution in [0.2, 0.25) is 5.02 Å². The lowest BCUT2D eigenvalue weighted by atomic mass is 10.0. The van der Waals surface area contributed by atoms with Gasteiger partial charge in [-0.2, -0.15) is 4.72 Å². The molecule has 0 bridgehead atoms. The summed E-state index contributed by atoms with van der Waals surface area (Å²) in [5, 5.41) is 3.26. The topological polar surface area (TPSA) is 75.3 Å². The number of halogens is 1. The molecule has 0 saturated heterocycles. The van der Waals surface area contributed by atoms with Gasteiger partial charge in [-0.25, -0.2) is 8.42 Å². The average Bonchev–Trinajstić information content (AvgIpc) is 2.44. The fraction of sp³-hybridized carbons (Fsp3) is 0.533. The van der Waals surface area contributed by atoms with Crippen molar-refractivity contribution in [1.29, 1.82) is 0 Å². The fourth-order valence-electron chi connectivity index (χ4n) is 1.78. The molecule has 7 heteroatoms. The van der Waals surface area contributed by atoms with Gasteiger partial charge >= 0.3 is 0 Å². The minimum Gasteiger partial charge on any atom is -0.352 e. The largest absolute Gasteiger partial charge is 0.352 e. The number of amides is 1. The minimum atomic E-state index is -3.78. The van der Waals surface area contributed by atoms with Crippen LogP contribution in [-0.4, -0.2) is 26.4 Å². The first kappa shape index (κ1) is 18.9. The Morgan fingerprint density at radius 1 is 1.18 bits per heavy atom. The summed E-state index contributed by atoms with van der Waals surface area (Å²) >= 11 is 5.76. The number of rotatable bonds is 7. The number of hydrogen-bond acceptors (Lipinski definition) is 3. The summed E-state index contributed by atoms with van der Waals surface area (Å²) in [5.41, 5.74) is 0. The molecule has 1 unspecified atom stereocenters. The van der Waals surface area contributed by atoms with Crippen LogP contribution < -0.4 is 10.0 Å². The third-order valence-corrected chi connectivity index (χ3v) is 5.07. The molecule has 0 aromatic heterocycles. The molecular weight excluding hydrogens is 324 g/mol. The Labute approximate surface area is 137 Å². The van der Waals surface area contributed by atoms with E-state index >= 15 is 0 Å². The average molecular weight is 347 g/mol. The van der Waals surface area contributed by atoms with Gasteiger partial charge in [0.1, 0.15) is 6.04 Å². The van der Waals surface area contributed by atoms with Gasteiger partial charge in [0.15, 0.2) is 0 Å². The lowest BCUT2D eigenvalue weighted by molar-refractivity contribution is -0.124. The monoisotopic (exact) mass is 346 g/mol. The lowest BCUT2D eigenvalue weighted by Crippen LogP contribution is -2.51. The highest BCUT2D eigenvalue weighted by Crippen LogP contribution is 2.15. The molecule has 0 radical (unpaired) electrons. The van der Waals surface area contributed by atoms with Crippen molar-refractivity contribution < 1.29 is 13.2 Å². The van der Waals surface area contributed by atoms with Gasteiger partial charge in [0.25, 0.3) is 0 Å². The van der Waals surface area contributed by atoms with Crippen LogP contribution >= 0.6 is 11.6 Å². The number of nitrogens with one attached hydrogen (secondary N) is 2. The Bertz CT molecular complexity index is 600. The predicted molar refractivity (Wildman–Crippen MR) is 88.3 cm³/mol. The fourth-order valence-corrected chi connectivity index (χ4v) is 3.25. The van der Waals surface area contributed by atoms with Crippen molar-refractivity contribution in [2.24, 2.45) is 5.92 Å². The van der Waals surface area contributed by atoms with E-state index in [1.807, 2.05) is 13.8 Å². The number of benzene rings is 1. The Morgan fingerprint density at radius 3 is 2.18 bits per heavy atom. The molecule has 0 saturated carbocycles. The van der Waals surface area contributed by atoms with Crippen LogP contribution in [0, 0.1) is 5.92 Å². The first-order chi connectivity index (χ1) is 10.2. The van der Waals surface area contributed by atoms with Gasteiger partial charge < -0.3 is 5.32 Å². The normalized spacial score (nSPS) is 14.6. The van der Waals surface area contributed by atoms with Gasteiger partial charge in [-0.3, -0.25) is 4.79 Å². The summed E-state index contributed by atoms with van der Waals surface area (Å²) in [6, 6.07) is 4.99. The van der Waals surface area contributed by atoms with Crippen LogP contribution in [-0.2, 0) is 14.8 Å². The molecule has 0 fully saturated rings. The highest BCUT2D eigenvalue weighted by atomic mass is 35.5. The van der Waals surface area contributed by atoms with Gasteiger partial charge in [-0.05, 0) is 43.5 Å². The summed E-state index contributed by atoms with van der Waals surface area (Å²) < 4.78 is 27.2. The molecule has 124 valence electrons. The van der Waals surface area contributed by atoms with Gasteiger partial charge in [-0.15, -0.1) is 0 Å². The van der Waals surface area contributed by atoms with E-state index in [0.717, 1.165) is 6.42 Å². The SMILES string of the molecule is CCC(C)NC(=O)[C@@H](NS(=O)(=O)c1ccc(Cl)cc1)C(C)C. The molecule has 1 amide bonds. The number of sulfonamides is 1. The molecule has 0 aliphatic carbocycles. The van der Waals surface area contributed by atoms with Gasteiger partial charge in [0.05, 0.1) is 4.90 Å². The second-order valence-electron chi connectivity index (χ2n) is 5.61. The quantitative estimate of drug-likeness (QED) is 0.796. The first-order valence-corrected chi connectivity index (χ1v) is 9.11. The number of hydrogen-bond donors (Lipinski definition) is 2. The first-order valence-electron chi connectivity index (χ1n) is 7.25. The van der Waals surface area contributed by atoms with Crippen molar-refractivity contribution in [1.82, 2.24) is 10.0 Å². The molecule has 1 rings (SSSR count). The second kappa shape index (κ2) is 7.94. The summed E-state index contributed by atoms with van der Waals surface area (Å²) in [7, 11) is -3.78. The molecule has 0 aliphatic heterocycles. The number of carbonyl (C=O) groups is 1. The standard InChI is InChI=1S/C15H23ClN2O3S/c1-5-11(4)17-15(19)14(10(2)3)18-22(20,21)13-8-6-12(16)7-9-13/h6-11,14,18H,5H2,1-4H3,(H,17,19)/t11?,14-/m0/s1. The Morgan fingerprint density at radius 2 is 1.73 bits per heavy atom. The van der Waals surface area contributed by atoms with Crippen molar-refractivity contribution in [2.45, 2.75) is 51.1 Å².